The highest BCUT2D eigenvalue weighted by Gasteiger charge is 2.30. The minimum atomic E-state index is -4.53. The van der Waals surface area contributed by atoms with Crippen LogP contribution in [0.25, 0.3) is 0 Å². The summed E-state index contributed by atoms with van der Waals surface area (Å²) in [7, 11) is 2.91. The number of rotatable bonds is 8. The molecule has 30 heavy (non-hydrogen) atoms. The number of ether oxygens (including phenoxy) is 2. The third-order valence-electron chi connectivity index (χ3n) is 3.58. The molecular weight excluding hydrogens is 407 g/mol. The smallest absolute Gasteiger partial charge is 0.416 e. The first-order valence-electron chi connectivity index (χ1n) is 8.38. The van der Waals surface area contributed by atoms with E-state index in [4.69, 9.17) is 14.3 Å². The number of halogens is 3. The van der Waals surface area contributed by atoms with E-state index in [2.05, 4.69) is 15.8 Å². The average Bonchev–Trinajstić information content (AvgIpc) is 2.71. The Morgan fingerprint density at radius 3 is 2.50 bits per heavy atom. The number of hydrogen-bond acceptors (Lipinski definition) is 6. The van der Waals surface area contributed by atoms with Gasteiger partial charge in [-0.25, -0.2) is 0 Å². The summed E-state index contributed by atoms with van der Waals surface area (Å²) >= 11 is 0. The molecule has 11 heteroatoms. The topological polar surface area (TPSA) is 98.3 Å². The van der Waals surface area contributed by atoms with E-state index in [0.717, 1.165) is 18.2 Å². The molecule has 0 unspecified atom stereocenters. The van der Waals surface area contributed by atoms with E-state index < -0.39 is 30.2 Å². The predicted molar refractivity (Wildman–Crippen MR) is 103 cm³/mol. The Labute approximate surface area is 169 Å². The van der Waals surface area contributed by atoms with Gasteiger partial charge in [-0.05, 0) is 30.3 Å². The molecule has 160 valence electrons. The quantitative estimate of drug-likeness (QED) is 0.500. The molecule has 0 aliphatic carbocycles. The number of alkyl halides is 3. The van der Waals surface area contributed by atoms with E-state index >= 15 is 0 Å². The van der Waals surface area contributed by atoms with Crippen molar-refractivity contribution in [2.75, 3.05) is 31.5 Å². The number of hydrogen-bond donors (Lipinski definition) is 2. The molecule has 0 atom stereocenters. The molecule has 0 spiro atoms. The van der Waals surface area contributed by atoms with Gasteiger partial charge in [0.15, 0.2) is 6.61 Å². The second-order valence-electron chi connectivity index (χ2n) is 5.69. The van der Waals surface area contributed by atoms with E-state index in [1.807, 2.05) is 0 Å². The van der Waals surface area contributed by atoms with Gasteiger partial charge in [-0.2, -0.15) is 13.2 Å². The third kappa shape index (κ3) is 6.69. The van der Waals surface area contributed by atoms with Crippen LogP contribution in [0.1, 0.15) is 5.56 Å². The maximum absolute atomic E-state index is 12.7. The highest BCUT2D eigenvalue weighted by molar-refractivity contribution is 6.31. The number of nitrogens with zero attached hydrogens (tertiary/aromatic N) is 1. The molecule has 0 saturated carbocycles. The molecule has 2 amide bonds. The van der Waals surface area contributed by atoms with E-state index in [-0.39, 0.29) is 5.69 Å². The first-order valence-corrected chi connectivity index (χ1v) is 8.38. The molecule has 0 fully saturated rings. The van der Waals surface area contributed by atoms with Crippen molar-refractivity contribution in [1.82, 2.24) is 0 Å². The maximum atomic E-state index is 12.7. The molecule has 0 aromatic heterocycles. The zero-order chi connectivity index (χ0) is 22.1. The van der Waals surface area contributed by atoms with Gasteiger partial charge in [0.1, 0.15) is 17.7 Å². The molecule has 0 bridgehead atoms. The van der Waals surface area contributed by atoms with Crippen molar-refractivity contribution in [1.29, 1.82) is 0 Å². The molecule has 0 heterocycles. The Kier molecular flexibility index (Phi) is 7.62. The summed E-state index contributed by atoms with van der Waals surface area (Å²) in [6.45, 7) is -0.511. The number of anilines is 2. The van der Waals surface area contributed by atoms with Crippen LogP contribution in [0, 0.1) is 0 Å². The van der Waals surface area contributed by atoms with Crippen LogP contribution in [0.4, 0.5) is 24.5 Å². The van der Waals surface area contributed by atoms with Gasteiger partial charge in [0.05, 0.1) is 25.5 Å². The first kappa shape index (κ1) is 22.5. The van der Waals surface area contributed by atoms with Crippen molar-refractivity contribution >= 4 is 29.4 Å². The lowest BCUT2D eigenvalue weighted by Gasteiger charge is -2.11. The number of carbonyl (C=O) groups excluding carboxylic acids is 2. The monoisotopic (exact) mass is 425 g/mol. The molecule has 0 radical (unpaired) electrons. The van der Waals surface area contributed by atoms with Gasteiger partial charge in [-0.1, -0.05) is 11.2 Å². The number of benzene rings is 2. The van der Waals surface area contributed by atoms with Crippen LogP contribution in [-0.2, 0) is 20.6 Å². The van der Waals surface area contributed by atoms with Gasteiger partial charge in [0, 0.05) is 11.8 Å². The minimum absolute atomic E-state index is 0.0642. The lowest BCUT2D eigenvalue weighted by Crippen LogP contribution is -2.18. The maximum Gasteiger partial charge on any atom is 0.416 e. The summed E-state index contributed by atoms with van der Waals surface area (Å²) in [5, 5.41) is 8.07. The Bertz CT molecular complexity index is 932. The lowest BCUT2D eigenvalue weighted by atomic mass is 10.2. The van der Waals surface area contributed by atoms with Crippen LogP contribution in [-0.4, -0.2) is 38.9 Å². The van der Waals surface area contributed by atoms with Crippen LogP contribution in [0.15, 0.2) is 47.6 Å². The highest BCUT2D eigenvalue weighted by atomic mass is 19.4. The van der Waals surface area contributed by atoms with Crippen LogP contribution >= 0.6 is 0 Å². The molecule has 2 aromatic carbocycles. The second kappa shape index (κ2) is 10.1. The largest absolute Gasteiger partial charge is 0.497 e. The van der Waals surface area contributed by atoms with Crippen molar-refractivity contribution in [3.8, 4) is 11.5 Å². The standard InChI is InChI=1S/C19H18F3N3O5/c1-28-14-6-7-15(16(9-14)29-2)25-18(27)11-30-23-10-17(26)24-13-5-3-4-12(8-13)19(20,21)22/h3-10H,11H2,1-2H3,(H,24,26)(H,25,27). The van der Waals surface area contributed by atoms with Gasteiger partial charge in [0.2, 0.25) is 0 Å². The van der Waals surface area contributed by atoms with Crippen LogP contribution in [0.5, 0.6) is 11.5 Å². The van der Waals surface area contributed by atoms with E-state index in [1.165, 1.54) is 20.3 Å². The predicted octanol–water partition coefficient (Wildman–Crippen LogP) is 3.30. The lowest BCUT2D eigenvalue weighted by molar-refractivity contribution is -0.137. The fourth-order valence-electron chi connectivity index (χ4n) is 2.22. The summed E-state index contributed by atoms with van der Waals surface area (Å²) < 4.78 is 48.2. The summed E-state index contributed by atoms with van der Waals surface area (Å²) in [4.78, 5) is 28.3. The molecule has 0 aliphatic rings. The normalized spacial score (nSPS) is 11.1. The average molecular weight is 425 g/mol. The Morgan fingerprint density at radius 2 is 1.83 bits per heavy atom. The fraction of sp³-hybridized carbons (Fsp3) is 0.211. The fourth-order valence-corrected chi connectivity index (χ4v) is 2.22. The number of amides is 2. The van der Waals surface area contributed by atoms with Crippen molar-refractivity contribution in [2.45, 2.75) is 6.18 Å². The Hall–Kier alpha value is -3.76. The molecule has 2 aromatic rings. The number of methoxy groups -OCH3 is 2. The zero-order valence-corrected chi connectivity index (χ0v) is 15.9. The molecule has 8 nitrogen and oxygen atoms in total. The zero-order valence-electron chi connectivity index (χ0n) is 15.9. The summed E-state index contributed by atoms with van der Waals surface area (Å²) in [5.41, 5.74) is -0.595. The molecule has 2 N–H and O–H groups in total. The van der Waals surface area contributed by atoms with Gasteiger partial charge in [-0.3, -0.25) is 9.59 Å². The van der Waals surface area contributed by atoms with Crippen LogP contribution in [0.2, 0.25) is 0 Å². The van der Waals surface area contributed by atoms with Crippen molar-refractivity contribution in [3.05, 3.63) is 48.0 Å². The molecule has 0 aliphatic heterocycles. The van der Waals surface area contributed by atoms with Crippen molar-refractivity contribution in [2.24, 2.45) is 5.16 Å². The molecule has 2 rings (SSSR count). The van der Waals surface area contributed by atoms with Gasteiger partial charge in [-0.15, -0.1) is 0 Å². The number of carbonyl (C=O) groups is 2. The van der Waals surface area contributed by atoms with Gasteiger partial charge in [0.25, 0.3) is 11.8 Å². The van der Waals surface area contributed by atoms with Crippen molar-refractivity contribution < 1.29 is 37.1 Å². The minimum Gasteiger partial charge on any atom is -0.497 e. The Balaban J connectivity index is 1.83. The molecule has 0 saturated heterocycles. The highest BCUT2D eigenvalue weighted by Crippen LogP contribution is 2.30. The second-order valence-corrected chi connectivity index (χ2v) is 5.69. The van der Waals surface area contributed by atoms with Crippen LogP contribution < -0.4 is 20.1 Å². The summed E-state index contributed by atoms with van der Waals surface area (Å²) in [5.74, 6) is -0.496. The van der Waals surface area contributed by atoms with Crippen molar-refractivity contribution in [3.63, 3.8) is 0 Å². The first-order chi connectivity index (χ1) is 14.2. The van der Waals surface area contributed by atoms with Gasteiger partial charge < -0.3 is 24.9 Å². The Morgan fingerprint density at radius 1 is 1.07 bits per heavy atom. The van der Waals surface area contributed by atoms with E-state index in [0.29, 0.717) is 23.4 Å². The molecular formula is C19H18F3N3O5. The van der Waals surface area contributed by atoms with E-state index in [1.54, 1.807) is 18.2 Å². The third-order valence-corrected chi connectivity index (χ3v) is 3.58. The number of nitrogens with one attached hydrogen (secondary N) is 2. The van der Waals surface area contributed by atoms with Crippen LogP contribution in [0.3, 0.4) is 0 Å². The summed E-state index contributed by atoms with van der Waals surface area (Å²) in [6.07, 6.45) is -3.83. The SMILES string of the molecule is COc1ccc(NC(=O)CON=CC(=O)Nc2cccc(C(F)(F)F)c2)c(OC)c1. The van der Waals surface area contributed by atoms with Gasteiger partial charge >= 0.3 is 6.18 Å². The number of oxime groups is 1. The van der Waals surface area contributed by atoms with E-state index in [9.17, 15) is 22.8 Å². The summed E-state index contributed by atoms with van der Waals surface area (Å²) in [6, 6.07) is 8.87.